The summed E-state index contributed by atoms with van der Waals surface area (Å²) in [7, 11) is 0. The fourth-order valence-electron chi connectivity index (χ4n) is 0.916. The molecule has 0 fully saturated rings. The van der Waals surface area contributed by atoms with E-state index in [4.69, 9.17) is 0 Å². The smallest absolute Gasteiger partial charge is 0.144 e. The molecule has 0 saturated carbocycles. The lowest BCUT2D eigenvalue weighted by molar-refractivity contribution is -0.114. The van der Waals surface area contributed by atoms with Gasteiger partial charge in [-0.2, -0.15) is 0 Å². The third-order valence-electron chi connectivity index (χ3n) is 1.60. The van der Waals surface area contributed by atoms with Gasteiger partial charge in [-0.3, -0.25) is 4.79 Å². The van der Waals surface area contributed by atoms with Crippen molar-refractivity contribution in [1.82, 2.24) is 0 Å². The standard InChI is InChI=1S/C8H11O/c1-6(2)7-3-4-8(9)5-7/h3-4,6H,5H2,1-2H3. The van der Waals surface area contributed by atoms with Crippen LogP contribution < -0.4 is 0 Å². The largest absolute Gasteiger partial charge is 0.299 e. The third-order valence-corrected chi connectivity index (χ3v) is 1.60. The van der Waals surface area contributed by atoms with E-state index in [2.05, 4.69) is 13.8 Å². The van der Waals surface area contributed by atoms with Gasteiger partial charge in [0.2, 0.25) is 0 Å². The van der Waals surface area contributed by atoms with Gasteiger partial charge in [0, 0.05) is 12.8 Å². The van der Waals surface area contributed by atoms with Crippen molar-refractivity contribution in [2.45, 2.75) is 20.3 Å². The highest BCUT2D eigenvalue weighted by molar-refractivity contribution is 5.94. The highest BCUT2D eigenvalue weighted by atomic mass is 16.1. The predicted octanol–water partition coefficient (Wildman–Crippen LogP) is 1.75. The van der Waals surface area contributed by atoms with E-state index < -0.39 is 0 Å². The van der Waals surface area contributed by atoms with Gasteiger partial charge in [-0.15, -0.1) is 0 Å². The molecule has 0 amide bonds. The number of allylic oxidation sites excluding steroid dienone is 2. The highest BCUT2D eigenvalue weighted by Crippen LogP contribution is 2.20. The average Bonchev–Trinajstić information content (AvgIpc) is 2.14. The van der Waals surface area contributed by atoms with Gasteiger partial charge in [0.15, 0.2) is 0 Å². The summed E-state index contributed by atoms with van der Waals surface area (Å²) >= 11 is 0. The minimum Gasteiger partial charge on any atom is -0.299 e. The van der Waals surface area contributed by atoms with Crippen molar-refractivity contribution >= 4 is 5.78 Å². The molecule has 1 nitrogen and oxygen atoms in total. The van der Waals surface area contributed by atoms with Gasteiger partial charge < -0.3 is 0 Å². The van der Waals surface area contributed by atoms with E-state index in [0.29, 0.717) is 12.3 Å². The number of hydrogen-bond donors (Lipinski definition) is 0. The maximum Gasteiger partial charge on any atom is 0.144 e. The second-order valence-corrected chi connectivity index (χ2v) is 2.71. The molecule has 0 aliphatic heterocycles. The van der Waals surface area contributed by atoms with Crippen LogP contribution in [0.1, 0.15) is 20.3 Å². The lowest BCUT2D eigenvalue weighted by atomic mass is 10.0. The first-order valence-electron chi connectivity index (χ1n) is 3.27. The first-order chi connectivity index (χ1) is 4.20. The van der Waals surface area contributed by atoms with E-state index in [1.807, 2.05) is 6.08 Å². The van der Waals surface area contributed by atoms with Crippen LogP contribution in [0, 0.1) is 12.3 Å². The maximum absolute atomic E-state index is 10.7. The topological polar surface area (TPSA) is 17.1 Å². The Morgan fingerprint density at radius 3 is 2.44 bits per heavy atom. The van der Waals surface area contributed by atoms with E-state index in [0.717, 1.165) is 0 Å². The minimum atomic E-state index is 0.249. The monoisotopic (exact) mass is 123 g/mol. The maximum atomic E-state index is 10.7. The van der Waals surface area contributed by atoms with Crippen LogP contribution in [-0.4, -0.2) is 5.78 Å². The van der Waals surface area contributed by atoms with Crippen molar-refractivity contribution in [2.24, 2.45) is 5.92 Å². The fraction of sp³-hybridized carbons (Fsp3) is 0.500. The van der Waals surface area contributed by atoms with E-state index in [9.17, 15) is 4.79 Å². The fourth-order valence-corrected chi connectivity index (χ4v) is 0.916. The molecule has 0 unspecified atom stereocenters. The van der Waals surface area contributed by atoms with Gasteiger partial charge in [0.1, 0.15) is 5.78 Å². The molecule has 1 aliphatic carbocycles. The minimum absolute atomic E-state index is 0.249. The number of Topliss-reactive ketones (excluding diaryl/α,β-unsaturated/α-hetero) is 1. The van der Waals surface area contributed by atoms with Crippen molar-refractivity contribution in [1.29, 1.82) is 0 Å². The predicted molar refractivity (Wildman–Crippen MR) is 36.8 cm³/mol. The Bertz CT molecular complexity index is 154. The molecular weight excluding hydrogens is 112 g/mol. The molecule has 0 bridgehead atoms. The number of rotatable bonds is 1. The zero-order chi connectivity index (χ0) is 6.85. The number of ketones is 1. The summed E-state index contributed by atoms with van der Waals surface area (Å²) in [5.74, 6) is 0.784. The molecule has 0 spiro atoms. The van der Waals surface area contributed by atoms with E-state index in [1.54, 1.807) is 6.42 Å². The Balaban J connectivity index is 2.55. The lowest BCUT2D eigenvalue weighted by Crippen LogP contribution is -1.94. The van der Waals surface area contributed by atoms with Crippen LogP contribution >= 0.6 is 0 Å². The number of hydrogen-bond acceptors (Lipinski definition) is 1. The summed E-state index contributed by atoms with van der Waals surface area (Å²) in [5, 5.41) is 0. The van der Waals surface area contributed by atoms with Crippen LogP contribution in [0.4, 0.5) is 0 Å². The van der Waals surface area contributed by atoms with Crippen LogP contribution in [0.5, 0.6) is 0 Å². The van der Waals surface area contributed by atoms with E-state index >= 15 is 0 Å². The van der Waals surface area contributed by atoms with E-state index in [1.165, 1.54) is 5.57 Å². The summed E-state index contributed by atoms with van der Waals surface area (Å²) in [4.78, 5) is 10.7. The first kappa shape index (κ1) is 6.53. The SMILES string of the molecule is CC(C)C1=C[CH]C(=O)C1. The van der Waals surface area contributed by atoms with E-state index in [-0.39, 0.29) is 5.78 Å². The molecule has 9 heavy (non-hydrogen) atoms. The van der Waals surface area contributed by atoms with Crippen LogP contribution in [0.2, 0.25) is 0 Å². The highest BCUT2D eigenvalue weighted by Gasteiger charge is 2.14. The second-order valence-electron chi connectivity index (χ2n) is 2.71. The zero-order valence-electron chi connectivity index (χ0n) is 5.85. The van der Waals surface area contributed by atoms with Crippen molar-refractivity contribution in [3.8, 4) is 0 Å². The molecule has 0 heterocycles. The van der Waals surface area contributed by atoms with Crippen molar-refractivity contribution in [2.75, 3.05) is 0 Å². The normalized spacial score (nSPS) is 19.0. The van der Waals surface area contributed by atoms with Crippen molar-refractivity contribution < 1.29 is 4.79 Å². The molecule has 0 saturated heterocycles. The van der Waals surface area contributed by atoms with Gasteiger partial charge in [-0.1, -0.05) is 25.5 Å². The summed E-state index contributed by atoms with van der Waals surface area (Å²) < 4.78 is 0. The molecule has 0 aromatic rings. The molecule has 1 radical (unpaired) electrons. The van der Waals surface area contributed by atoms with Crippen LogP contribution in [0.25, 0.3) is 0 Å². The molecule has 1 heteroatoms. The molecule has 0 aromatic carbocycles. The molecule has 0 atom stereocenters. The quantitative estimate of drug-likeness (QED) is 0.519. The van der Waals surface area contributed by atoms with Crippen molar-refractivity contribution in [3.05, 3.63) is 18.1 Å². The molecule has 0 aromatic heterocycles. The third kappa shape index (κ3) is 1.41. The summed E-state index contributed by atoms with van der Waals surface area (Å²) in [6.07, 6.45) is 4.25. The molecule has 1 rings (SSSR count). The van der Waals surface area contributed by atoms with Gasteiger partial charge in [-0.05, 0) is 5.92 Å². The number of carbonyl (C=O) groups is 1. The van der Waals surface area contributed by atoms with Crippen LogP contribution in [0.3, 0.4) is 0 Å². The summed E-state index contributed by atoms with van der Waals surface area (Å²) in [5.41, 5.74) is 1.26. The summed E-state index contributed by atoms with van der Waals surface area (Å²) in [6.45, 7) is 4.22. The Labute approximate surface area is 55.8 Å². The number of carbonyl (C=O) groups excluding carboxylic acids is 1. The second kappa shape index (κ2) is 2.34. The van der Waals surface area contributed by atoms with Crippen molar-refractivity contribution in [3.63, 3.8) is 0 Å². The van der Waals surface area contributed by atoms with Crippen LogP contribution in [-0.2, 0) is 4.79 Å². The molecular formula is C8H11O. The Hall–Kier alpha value is -0.590. The average molecular weight is 123 g/mol. The Morgan fingerprint density at radius 1 is 1.56 bits per heavy atom. The van der Waals surface area contributed by atoms with Gasteiger partial charge >= 0.3 is 0 Å². The molecule has 49 valence electrons. The van der Waals surface area contributed by atoms with Gasteiger partial charge in [0.25, 0.3) is 0 Å². The Kier molecular flexibility index (Phi) is 1.70. The molecule has 0 N–H and O–H groups in total. The van der Waals surface area contributed by atoms with Gasteiger partial charge in [0.05, 0.1) is 0 Å². The first-order valence-corrected chi connectivity index (χ1v) is 3.27. The van der Waals surface area contributed by atoms with Crippen LogP contribution in [0.15, 0.2) is 11.6 Å². The Morgan fingerprint density at radius 2 is 2.22 bits per heavy atom. The summed E-state index contributed by atoms with van der Waals surface area (Å²) in [6, 6.07) is 0. The lowest BCUT2D eigenvalue weighted by Gasteiger charge is -2.01. The zero-order valence-corrected chi connectivity index (χ0v) is 5.85. The van der Waals surface area contributed by atoms with Gasteiger partial charge in [-0.25, -0.2) is 0 Å². The molecule has 1 aliphatic rings.